The van der Waals surface area contributed by atoms with Crippen LogP contribution in [0, 0.1) is 0 Å². The van der Waals surface area contributed by atoms with E-state index in [9.17, 15) is 0 Å². The van der Waals surface area contributed by atoms with Crippen LogP contribution in [0.4, 0.5) is 17.1 Å². The minimum Gasteiger partial charge on any atom is -0.454 e. The fraction of sp³-hybridized carbons (Fsp3) is 0.0435. The van der Waals surface area contributed by atoms with Crippen LogP contribution in [-0.2, 0) is 5.41 Å². The molecule has 0 atom stereocenters. The van der Waals surface area contributed by atoms with Crippen molar-refractivity contribution in [2.45, 2.75) is 19.3 Å². The van der Waals surface area contributed by atoms with Gasteiger partial charge in [0.1, 0.15) is 5.58 Å². The lowest BCUT2D eigenvalue weighted by Gasteiger charge is -2.29. The van der Waals surface area contributed by atoms with Crippen LogP contribution in [0.5, 0.6) is 0 Å². The Bertz CT molecular complexity index is 4260. The zero-order valence-corrected chi connectivity index (χ0v) is 39.4. The van der Waals surface area contributed by atoms with E-state index in [1.54, 1.807) is 0 Å². The summed E-state index contributed by atoms with van der Waals surface area (Å²) in [5.41, 5.74) is 22.6. The summed E-state index contributed by atoms with van der Waals surface area (Å²) in [6.45, 7) is 4.71. The molecule has 0 aliphatic heterocycles. The van der Waals surface area contributed by atoms with Gasteiger partial charge in [-0.25, -0.2) is 0 Å². The molecule has 71 heavy (non-hydrogen) atoms. The van der Waals surface area contributed by atoms with Gasteiger partial charge in [-0.1, -0.05) is 220 Å². The highest BCUT2D eigenvalue weighted by atomic mass is 16.3. The summed E-state index contributed by atoms with van der Waals surface area (Å²) in [4.78, 5) is 2.43. The van der Waals surface area contributed by atoms with Crippen molar-refractivity contribution < 1.29 is 4.42 Å². The molecule has 0 radical (unpaired) electrons. The van der Waals surface area contributed by atoms with Gasteiger partial charge in [0.2, 0.25) is 0 Å². The third-order valence-electron chi connectivity index (χ3n) is 15.8. The number of furan rings is 1. The van der Waals surface area contributed by atoms with Crippen LogP contribution in [0.3, 0.4) is 0 Å². The third-order valence-corrected chi connectivity index (χ3v) is 15.8. The van der Waals surface area contributed by atoms with Crippen molar-refractivity contribution >= 4 is 71.3 Å². The summed E-state index contributed by atoms with van der Waals surface area (Å²) in [6, 6.07) is 87.4. The molecule has 0 spiro atoms. The largest absolute Gasteiger partial charge is 0.454 e. The lowest BCUT2D eigenvalue weighted by molar-refractivity contribution is 0.660. The lowest BCUT2D eigenvalue weighted by Crippen LogP contribution is -2.16. The molecular weight excluding hydrogens is 859 g/mol. The highest BCUT2D eigenvalue weighted by Gasteiger charge is 2.38. The predicted octanol–water partition coefficient (Wildman–Crippen LogP) is 19.5. The minimum absolute atomic E-state index is 0.149. The first-order valence-corrected chi connectivity index (χ1v) is 24.8. The smallest absolute Gasteiger partial charge is 0.159 e. The maximum Gasteiger partial charge on any atom is 0.159 e. The van der Waals surface area contributed by atoms with E-state index in [0.717, 1.165) is 39.0 Å². The molecule has 15 rings (SSSR count). The third kappa shape index (κ3) is 5.71. The van der Waals surface area contributed by atoms with E-state index in [0.29, 0.717) is 0 Å². The van der Waals surface area contributed by atoms with E-state index in [2.05, 4.69) is 255 Å². The molecule has 2 aliphatic rings. The van der Waals surface area contributed by atoms with Crippen molar-refractivity contribution in [3.8, 4) is 66.8 Å². The van der Waals surface area contributed by atoms with Gasteiger partial charge in [-0.05, 0) is 135 Å². The number of hydrogen-bond donors (Lipinski definition) is 0. The number of anilines is 3. The van der Waals surface area contributed by atoms with Gasteiger partial charge in [0.05, 0.1) is 11.4 Å². The van der Waals surface area contributed by atoms with E-state index >= 15 is 0 Å². The molecule has 13 aromatic rings. The van der Waals surface area contributed by atoms with Crippen molar-refractivity contribution in [1.29, 1.82) is 0 Å². The molecule has 2 nitrogen and oxygen atoms in total. The molecule has 1 aromatic heterocycles. The number of para-hydroxylation sites is 2. The quantitative estimate of drug-likeness (QED) is 0.165. The second-order valence-corrected chi connectivity index (χ2v) is 19.9. The standard InChI is InChI=1S/C69H45NO/c1-69(2)59-29-9-7-23-56(59)67-60(69)30-15-31-61(67)70(62-32-14-27-55-51-22-8-10-33-63(51)71-68(55)62)45-36-34-44(35-37-45)48-38-41-58-64-52(48)26-13-28-57(64)65-53(49-24-11-18-42-16-3-5-20-46(42)49)39-40-54(66(58)65)50-25-12-19-43-17-4-6-21-47(43)50/h3-41H,1-2H3. The Hall–Kier alpha value is -8.98. The van der Waals surface area contributed by atoms with Crippen molar-refractivity contribution in [3.05, 3.63) is 248 Å². The van der Waals surface area contributed by atoms with Crippen molar-refractivity contribution in [2.24, 2.45) is 0 Å². The summed E-state index contributed by atoms with van der Waals surface area (Å²) >= 11 is 0. The molecule has 0 N–H and O–H groups in total. The molecule has 1 heterocycles. The zero-order chi connectivity index (χ0) is 47.0. The molecule has 2 heteroatoms. The van der Waals surface area contributed by atoms with Gasteiger partial charge >= 0.3 is 0 Å². The van der Waals surface area contributed by atoms with Crippen LogP contribution in [0.25, 0.3) is 121 Å². The Morgan fingerprint density at radius 3 is 1.56 bits per heavy atom. The Morgan fingerprint density at radius 2 is 0.817 bits per heavy atom. The molecule has 0 saturated heterocycles. The summed E-state index contributed by atoms with van der Waals surface area (Å²) < 4.78 is 6.81. The fourth-order valence-corrected chi connectivity index (χ4v) is 12.6. The van der Waals surface area contributed by atoms with Gasteiger partial charge in [0.15, 0.2) is 5.58 Å². The number of benzene rings is 12. The Kier molecular flexibility index (Phi) is 8.45. The number of rotatable bonds is 6. The summed E-state index contributed by atoms with van der Waals surface area (Å²) in [5.74, 6) is 0. The normalized spacial score (nSPS) is 13.0. The van der Waals surface area contributed by atoms with Crippen LogP contribution in [0.15, 0.2) is 241 Å². The van der Waals surface area contributed by atoms with Gasteiger partial charge in [-0.3, -0.25) is 0 Å². The van der Waals surface area contributed by atoms with Gasteiger partial charge < -0.3 is 9.32 Å². The molecule has 12 aromatic carbocycles. The highest BCUT2D eigenvalue weighted by Crippen LogP contribution is 2.58. The maximum absolute atomic E-state index is 6.81. The minimum atomic E-state index is -0.149. The van der Waals surface area contributed by atoms with E-state index in [1.807, 2.05) is 0 Å². The van der Waals surface area contributed by atoms with E-state index < -0.39 is 0 Å². The monoisotopic (exact) mass is 903 g/mol. The number of hydrogen-bond acceptors (Lipinski definition) is 2. The fourth-order valence-electron chi connectivity index (χ4n) is 12.6. The average molecular weight is 904 g/mol. The van der Waals surface area contributed by atoms with Crippen LogP contribution in [0.1, 0.15) is 25.0 Å². The highest BCUT2D eigenvalue weighted by molar-refractivity contribution is 6.25. The van der Waals surface area contributed by atoms with Crippen LogP contribution in [0.2, 0.25) is 0 Å². The van der Waals surface area contributed by atoms with Gasteiger partial charge in [-0.15, -0.1) is 0 Å². The van der Waals surface area contributed by atoms with Crippen LogP contribution < -0.4 is 4.90 Å². The first-order chi connectivity index (χ1) is 35.0. The van der Waals surface area contributed by atoms with Crippen molar-refractivity contribution in [1.82, 2.24) is 0 Å². The van der Waals surface area contributed by atoms with Gasteiger partial charge in [-0.2, -0.15) is 0 Å². The summed E-state index contributed by atoms with van der Waals surface area (Å²) in [6.07, 6.45) is 0. The Balaban J connectivity index is 0.929. The Labute approximate surface area is 412 Å². The number of fused-ring (bicyclic) bond motifs is 11. The molecule has 0 bridgehead atoms. The number of nitrogens with zero attached hydrogens (tertiary/aromatic N) is 1. The zero-order valence-electron chi connectivity index (χ0n) is 39.4. The van der Waals surface area contributed by atoms with E-state index in [4.69, 9.17) is 4.42 Å². The Morgan fingerprint density at radius 1 is 0.324 bits per heavy atom. The molecule has 0 fully saturated rings. The molecule has 0 amide bonds. The molecule has 332 valence electrons. The van der Waals surface area contributed by atoms with Crippen LogP contribution in [-0.4, -0.2) is 0 Å². The van der Waals surface area contributed by atoms with E-state index in [1.165, 1.54) is 110 Å². The van der Waals surface area contributed by atoms with Gasteiger partial charge in [0, 0.05) is 27.4 Å². The molecule has 0 unspecified atom stereocenters. The lowest BCUT2D eigenvalue weighted by atomic mass is 9.82. The SMILES string of the molecule is CC1(C)c2ccccc2-c2c(N(c3ccc(-c4ccc5c6c(cccc46)-c4c(-c6cccc7ccccc67)ccc(-c6cccc7ccccc67)c4-5)cc3)c3cccc4c3oc3ccccc34)cccc21. The molecule has 2 aliphatic carbocycles. The van der Waals surface area contributed by atoms with Crippen molar-refractivity contribution in [2.75, 3.05) is 4.90 Å². The summed E-state index contributed by atoms with van der Waals surface area (Å²) in [7, 11) is 0. The predicted molar refractivity (Wildman–Crippen MR) is 299 cm³/mol. The maximum atomic E-state index is 6.81. The average Bonchev–Trinajstić information content (AvgIpc) is 4.06. The second-order valence-electron chi connectivity index (χ2n) is 19.9. The molecular formula is C69H45NO. The second kappa shape index (κ2) is 15.0. The first-order valence-electron chi connectivity index (χ1n) is 24.8. The topological polar surface area (TPSA) is 16.4 Å². The first kappa shape index (κ1) is 40.0. The molecule has 0 saturated carbocycles. The van der Waals surface area contributed by atoms with Gasteiger partial charge in [0.25, 0.3) is 0 Å². The van der Waals surface area contributed by atoms with Crippen LogP contribution >= 0.6 is 0 Å². The van der Waals surface area contributed by atoms with Crippen molar-refractivity contribution in [3.63, 3.8) is 0 Å². The summed E-state index contributed by atoms with van der Waals surface area (Å²) in [5, 5.41) is 9.79. The van der Waals surface area contributed by atoms with E-state index in [-0.39, 0.29) is 5.41 Å².